The number of aliphatic hydroxyl groups excluding tert-OH is 2. The number of nitrogens with two attached hydrogens (primary N) is 1. The Balaban J connectivity index is 0.000000763. The molecule has 22 heavy (non-hydrogen) atoms. The fourth-order valence-corrected chi connectivity index (χ4v) is 1.58. The third-order valence-corrected chi connectivity index (χ3v) is 3.08. The maximum atomic E-state index is 8.85. The summed E-state index contributed by atoms with van der Waals surface area (Å²) >= 11 is 0. The van der Waals surface area contributed by atoms with Gasteiger partial charge in [0.25, 0.3) is 0 Å². The van der Waals surface area contributed by atoms with E-state index in [-0.39, 0.29) is 13.2 Å². The van der Waals surface area contributed by atoms with Crippen molar-refractivity contribution < 1.29 is 10.2 Å². The Morgan fingerprint density at radius 1 is 1.09 bits per heavy atom. The lowest BCUT2D eigenvalue weighted by molar-refractivity contribution is 0.165. The van der Waals surface area contributed by atoms with Crippen molar-refractivity contribution in [2.24, 2.45) is 0 Å². The lowest BCUT2D eigenvalue weighted by atomic mass is 10.3. The molecule has 0 aliphatic heterocycles. The highest BCUT2D eigenvalue weighted by molar-refractivity contribution is 5.51. The first-order valence-corrected chi connectivity index (χ1v) is 7.66. The number of nitrogen functional groups attached to an aromatic ring is 1. The fourth-order valence-electron chi connectivity index (χ4n) is 1.58. The Kier molecular flexibility index (Phi) is 12.2. The first-order valence-electron chi connectivity index (χ1n) is 7.66. The van der Waals surface area contributed by atoms with Crippen molar-refractivity contribution in [3.8, 4) is 0 Å². The van der Waals surface area contributed by atoms with Gasteiger partial charge in [0, 0.05) is 37.6 Å². The van der Waals surface area contributed by atoms with Crippen molar-refractivity contribution >= 4 is 11.4 Å². The predicted molar refractivity (Wildman–Crippen MR) is 95.1 cm³/mol. The van der Waals surface area contributed by atoms with E-state index in [1.165, 1.54) is 5.57 Å². The number of anilines is 2. The van der Waals surface area contributed by atoms with Crippen LogP contribution in [0.1, 0.15) is 20.8 Å². The number of nitrogens with one attached hydrogen (secondary N) is 1. The zero-order chi connectivity index (χ0) is 16.8. The average Bonchev–Trinajstić information content (AvgIpc) is 2.50. The van der Waals surface area contributed by atoms with Gasteiger partial charge in [-0.05, 0) is 45.0 Å². The van der Waals surface area contributed by atoms with Crippen LogP contribution in [0, 0.1) is 0 Å². The lowest BCUT2D eigenvalue weighted by Gasteiger charge is -2.20. The van der Waals surface area contributed by atoms with Crippen LogP contribution in [0.15, 0.2) is 35.9 Å². The Bertz CT molecular complexity index is 395. The first-order chi connectivity index (χ1) is 10.5. The minimum atomic E-state index is 0.113. The van der Waals surface area contributed by atoms with Crippen LogP contribution >= 0.6 is 0 Å². The van der Waals surface area contributed by atoms with Gasteiger partial charge in [-0.25, -0.2) is 0 Å². The molecule has 5 heteroatoms. The van der Waals surface area contributed by atoms with Crippen molar-refractivity contribution in [1.82, 2.24) is 4.90 Å². The number of hydrogen-bond acceptors (Lipinski definition) is 5. The summed E-state index contributed by atoms with van der Waals surface area (Å²) in [5.74, 6) is 0. The van der Waals surface area contributed by atoms with Gasteiger partial charge in [-0.15, -0.1) is 0 Å². The predicted octanol–water partition coefficient (Wildman–Crippen LogP) is 1.94. The van der Waals surface area contributed by atoms with Gasteiger partial charge in [0.15, 0.2) is 0 Å². The smallest absolute Gasteiger partial charge is 0.0558 e. The van der Waals surface area contributed by atoms with Gasteiger partial charge >= 0.3 is 0 Å². The van der Waals surface area contributed by atoms with Crippen molar-refractivity contribution in [2.45, 2.75) is 20.8 Å². The molecule has 0 aliphatic carbocycles. The Hall–Kier alpha value is -1.56. The van der Waals surface area contributed by atoms with Gasteiger partial charge in [0.2, 0.25) is 0 Å². The SMILES string of the molecule is CC=C(C)C.Nc1ccc(NCCN(CCO)CCO)cc1. The number of hydrogen-bond donors (Lipinski definition) is 4. The maximum absolute atomic E-state index is 8.85. The summed E-state index contributed by atoms with van der Waals surface area (Å²) < 4.78 is 0. The number of nitrogens with zero attached hydrogens (tertiary/aromatic N) is 1. The van der Waals surface area contributed by atoms with Crippen molar-refractivity contribution in [3.63, 3.8) is 0 Å². The first kappa shape index (κ1) is 20.4. The average molecular weight is 309 g/mol. The van der Waals surface area contributed by atoms with E-state index >= 15 is 0 Å². The summed E-state index contributed by atoms with van der Waals surface area (Å²) in [4.78, 5) is 2.00. The number of rotatable bonds is 8. The van der Waals surface area contributed by atoms with Gasteiger partial charge in [-0.1, -0.05) is 11.6 Å². The summed E-state index contributed by atoms with van der Waals surface area (Å²) in [6, 6.07) is 7.55. The summed E-state index contributed by atoms with van der Waals surface area (Å²) in [5, 5.41) is 21.0. The van der Waals surface area contributed by atoms with E-state index in [2.05, 4.69) is 25.2 Å². The second-order valence-electron chi connectivity index (χ2n) is 5.20. The highest BCUT2D eigenvalue weighted by Gasteiger charge is 2.02. The van der Waals surface area contributed by atoms with Crippen LogP contribution in [0.2, 0.25) is 0 Å². The molecule has 5 nitrogen and oxygen atoms in total. The van der Waals surface area contributed by atoms with Crippen molar-refractivity contribution in [3.05, 3.63) is 35.9 Å². The van der Waals surface area contributed by atoms with Gasteiger partial charge in [-0.3, -0.25) is 4.90 Å². The monoisotopic (exact) mass is 309 g/mol. The molecule has 0 saturated heterocycles. The molecule has 5 N–H and O–H groups in total. The van der Waals surface area contributed by atoms with E-state index in [1.807, 2.05) is 36.1 Å². The molecule has 1 aromatic rings. The maximum Gasteiger partial charge on any atom is 0.0558 e. The molecule has 126 valence electrons. The molecule has 0 fully saturated rings. The minimum absolute atomic E-state index is 0.113. The molecule has 1 rings (SSSR count). The third-order valence-electron chi connectivity index (χ3n) is 3.08. The van der Waals surface area contributed by atoms with Gasteiger partial charge in [-0.2, -0.15) is 0 Å². The molecule has 1 aromatic carbocycles. The van der Waals surface area contributed by atoms with Crippen LogP contribution < -0.4 is 11.1 Å². The third kappa shape index (κ3) is 11.1. The second-order valence-corrected chi connectivity index (χ2v) is 5.20. The summed E-state index contributed by atoms with van der Waals surface area (Å²) in [6.45, 7) is 9.16. The van der Waals surface area contributed by atoms with Gasteiger partial charge < -0.3 is 21.3 Å². The molecule has 0 bridgehead atoms. The summed E-state index contributed by atoms with van der Waals surface area (Å²) in [7, 11) is 0. The van der Waals surface area contributed by atoms with Gasteiger partial charge in [0.1, 0.15) is 0 Å². The van der Waals surface area contributed by atoms with E-state index in [0.29, 0.717) is 13.1 Å². The standard InChI is InChI=1S/C12H21N3O2.C5H10/c13-11-1-3-12(4-2-11)14-5-6-15(7-9-16)8-10-17;1-4-5(2)3/h1-4,14,16-17H,5-10,13H2;4H,1-3H3. The highest BCUT2D eigenvalue weighted by atomic mass is 16.3. The fraction of sp³-hybridized carbons (Fsp3) is 0.529. The minimum Gasteiger partial charge on any atom is -0.399 e. The number of aliphatic hydroxyl groups is 2. The molecule has 0 atom stereocenters. The molecule has 0 aromatic heterocycles. The Morgan fingerprint density at radius 2 is 1.59 bits per heavy atom. The second kappa shape index (κ2) is 13.1. The molecule has 0 heterocycles. The Labute approximate surface area is 134 Å². The van der Waals surface area contributed by atoms with E-state index in [1.54, 1.807) is 0 Å². The normalized spacial score (nSPS) is 9.91. The van der Waals surface area contributed by atoms with Crippen LogP contribution in [-0.4, -0.2) is 54.5 Å². The molecule has 0 saturated carbocycles. The molecule has 0 amide bonds. The topological polar surface area (TPSA) is 81.8 Å². The van der Waals surface area contributed by atoms with Gasteiger partial charge in [0.05, 0.1) is 13.2 Å². The van der Waals surface area contributed by atoms with E-state index in [9.17, 15) is 0 Å². The number of benzene rings is 1. The van der Waals surface area contributed by atoms with Crippen LogP contribution in [-0.2, 0) is 0 Å². The van der Waals surface area contributed by atoms with Crippen LogP contribution in [0.3, 0.4) is 0 Å². The highest BCUT2D eigenvalue weighted by Crippen LogP contribution is 2.09. The van der Waals surface area contributed by atoms with E-state index < -0.39 is 0 Å². The summed E-state index contributed by atoms with van der Waals surface area (Å²) in [5.41, 5.74) is 8.74. The lowest BCUT2D eigenvalue weighted by Crippen LogP contribution is -2.34. The van der Waals surface area contributed by atoms with Crippen LogP contribution in [0.25, 0.3) is 0 Å². The van der Waals surface area contributed by atoms with Crippen LogP contribution in [0.4, 0.5) is 11.4 Å². The zero-order valence-electron chi connectivity index (χ0n) is 14.0. The van der Waals surface area contributed by atoms with E-state index in [0.717, 1.165) is 24.5 Å². The zero-order valence-corrected chi connectivity index (χ0v) is 14.0. The molecular formula is C17H31N3O2. The molecule has 0 radical (unpaired) electrons. The molecule has 0 spiro atoms. The van der Waals surface area contributed by atoms with Crippen molar-refractivity contribution in [2.75, 3.05) is 50.4 Å². The van der Waals surface area contributed by atoms with E-state index in [4.69, 9.17) is 15.9 Å². The largest absolute Gasteiger partial charge is 0.399 e. The number of allylic oxidation sites excluding steroid dienone is 2. The van der Waals surface area contributed by atoms with Crippen LogP contribution in [0.5, 0.6) is 0 Å². The molecule has 0 aliphatic rings. The quantitative estimate of drug-likeness (QED) is 0.436. The molecule has 0 unspecified atom stereocenters. The Morgan fingerprint density at radius 3 is 2.00 bits per heavy atom. The summed E-state index contributed by atoms with van der Waals surface area (Å²) in [6.07, 6.45) is 2.08. The van der Waals surface area contributed by atoms with Crippen molar-refractivity contribution in [1.29, 1.82) is 0 Å². The molecular weight excluding hydrogens is 278 g/mol.